The van der Waals surface area contributed by atoms with Crippen molar-refractivity contribution in [1.29, 1.82) is 0 Å². The Balaban J connectivity index is 2.37. The summed E-state index contributed by atoms with van der Waals surface area (Å²) >= 11 is 11.9. The maximum Gasteiger partial charge on any atom is 0.254 e. The van der Waals surface area contributed by atoms with Crippen molar-refractivity contribution in [2.45, 2.75) is 18.9 Å². The Morgan fingerprint density at radius 2 is 1.95 bits per heavy atom. The molecule has 1 amide bonds. The van der Waals surface area contributed by atoms with Gasteiger partial charge in [-0.25, -0.2) is 0 Å². The molecule has 1 aromatic carbocycles. The largest absolute Gasteiger partial charge is 0.344 e. The van der Waals surface area contributed by atoms with Gasteiger partial charge in [0, 0.05) is 24.2 Å². The van der Waals surface area contributed by atoms with Crippen molar-refractivity contribution in [2.75, 3.05) is 11.8 Å². The fourth-order valence-corrected chi connectivity index (χ4v) is 2.66. The Kier molecular flexibility index (Phi) is 4.78. The van der Waals surface area contributed by atoms with Crippen molar-refractivity contribution in [3.05, 3.63) is 36.2 Å². The third-order valence-corrected chi connectivity index (χ3v) is 4.33. The van der Waals surface area contributed by atoms with Gasteiger partial charge < -0.3 is 5.32 Å². The van der Waals surface area contributed by atoms with E-state index >= 15 is 0 Å². The fraction of sp³-hybridized carbons (Fsp3) is 0.357. The van der Waals surface area contributed by atoms with E-state index in [9.17, 15) is 4.79 Å². The number of hydrogen-bond acceptors (Lipinski definition) is 3. The number of nitrogens with zero attached hydrogens (tertiary/aromatic N) is 2. The topological polar surface area (TPSA) is 54.9 Å². The highest BCUT2D eigenvalue weighted by Crippen LogP contribution is 2.18. The lowest BCUT2D eigenvalue weighted by Crippen LogP contribution is -2.51. The normalized spacial score (nSPS) is 11.6. The summed E-state index contributed by atoms with van der Waals surface area (Å²) in [5.74, 6) is 0.281. The van der Waals surface area contributed by atoms with Crippen molar-refractivity contribution in [1.82, 2.24) is 15.3 Å². The Bertz CT molecular complexity index is 601. The number of carbonyl (C=O) groups is 1. The molecular weight excluding hydrogens is 297 g/mol. The molecule has 0 radical (unpaired) electrons. The van der Waals surface area contributed by atoms with Gasteiger partial charge in [0.2, 0.25) is 0 Å². The van der Waals surface area contributed by atoms with Crippen LogP contribution in [0.4, 0.5) is 0 Å². The zero-order chi connectivity index (χ0) is 14.6. The van der Waals surface area contributed by atoms with Gasteiger partial charge in [0.05, 0.1) is 16.6 Å². The average molecular weight is 312 g/mol. The van der Waals surface area contributed by atoms with Crippen LogP contribution in [0.5, 0.6) is 0 Å². The van der Waals surface area contributed by atoms with Gasteiger partial charge in [-0.2, -0.15) is 0 Å². The second-order valence-electron chi connectivity index (χ2n) is 4.58. The number of fused-ring (bicyclic) bond motifs is 1. The van der Waals surface area contributed by atoms with E-state index in [1.54, 1.807) is 24.5 Å². The third-order valence-electron chi connectivity index (χ3n) is 3.31. The number of halogens is 2. The van der Waals surface area contributed by atoms with E-state index in [-0.39, 0.29) is 17.7 Å². The van der Waals surface area contributed by atoms with Crippen LogP contribution >= 0.6 is 23.2 Å². The monoisotopic (exact) mass is 311 g/mol. The molecule has 0 atom stereocenters. The molecule has 1 aromatic heterocycles. The molecule has 6 heteroatoms. The van der Waals surface area contributed by atoms with Crippen molar-refractivity contribution in [3.8, 4) is 0 Å². The summed E-state index contributed by atoms with van der Waals surface area (Å²) in [6.07, 6.45) is 3.81. The first-order valence-electron chi connectivity index (χ1n) is 6.30. The van der Waals surface area contributed by atoms with Crippen LogP contribution in [0.15, 0.2) is 30.6 Å². The van der Waals surface area contributed by atoms with Gasteiger partial charge in [0.25, 0.3) is 5.91 Å². The van der Waals surface area contributed by atoms with Crippen molar-refractivity contribution in [3.63, 3.8) is 0 Å². The lowest BCUT2D eigenvalue weighted by atomic mass is 10.0. The number of aromatic nitrogens is 2. The summed E-state index contributed by atoms with van der Waals surface area (Å²) in [4.78, 5) is 20.9. The molecule has 0 aliphatic rings. The van der Waals surface area contributed by atoms with Gasteiger partial charge in [0.1, 0.15) is 5.52 Å². The molecule has 1 heterocycles. The van der Waals surface area contributed by atoms with E-state index in [4.69, 9.17) is 23.2 Å². The average Bonchev–Trinajstić information content (AvgIpc) is 2.52. The standard InChI is InChI=1S/C14H15Cl2N3O/c1-2-14(8-15,9-16)19-13(20)10-4-3-5-11-12(10)18-7-6-17-11/h3-7H,2,8-9H2,1H3,(H,19,20). The molecule has 0 aliphatic heterocycles. The van der Waals surface area contributed by atoms with E-state index in [0.29, 0.717) is 23.0 Å². The SMILES string of the molecule is CCC(CCl)(CCl)NC(=O)c1cccc2nccnc12. The van der Waals surface area contributed by atoms with Gasteiger partial charge in [-0.1, -0.05) is 13.0 Å². The molecule has 20 heavy (non-hydrogen) atoms. The van der Waals surface area contributed by atoms with Crippen molar-refractivity contribution < 1.29 is 4.79 Å². The zero-order valence-electron chi connectivity index (χ0n) is 11.1. The van der Waals surface area contributed by atoms with E-state index in [0.717, 1.165) is 0 Å². The highest BCUT2D eigenvalue weighted by molar-refractivity contribution is 6.22. The van der Waals surface area contributed by atoms with Crippen molar-refractivity contribution in [2.24, 2.45) is 0 Å². The van der Waals surface area contributed by atoms with E-state index in [1.807, 2.05) is 13.0 Å². The van der Waals surface area contributed by atoms with Crippen LogP contribution in [0.2, 0.25) is 0 Å². The Morgan fingerprint density at radius 3 is 2.60 bits per heavy atom. The van der Waals surface area contributed by atoms with Gasteiger partial charge in [-0.15, -0.1) is 23.2 Å². The Hall–Kier alpha value is -1.39. The van der Waals surface area contributed by atoms with E-state index in [2.05, 4.69) is 15.3 Å². The molecule has 4 nitrogen and oxygen atoms in total. The van der Waals surface area contributed by atoms with Gasteiger partial charge in [0.15, 0.2) is 0 Å². The van der Waals surface area contributed by atoms with E-state index in [1.165, 1.54) is 0 Å². The molecule has 106 valence electrons. The summed E-state index contributed by atoms with van der Waals surface area (Å²) in [5, 5.41) is 2.92. The maximum absolute atomic E-state index is 12.5. The first kappa shape index (κ1) is 15.0. The number of rotatable bonds is 5. The number of carbonyl (C=O) groups excluding carboxylic acids is 1. The minimum atomic E-state index is -0.607. The quantitative estimate of drug-likeness (QED) is 0.864. The summed E-state index contributed by atoms with van der Waals surface area (Å²) in [5.41, 5.74) is 1.12. The molecule has 0 fully saturated rings. The number of hydrogen-bond donors (Lipinski definition) is 1. The molecule has 0 unspecified atom stereocenters. The third kappa shape index (κ3) is 2.86. The van der Waals surface area contributed by atoms with E-state index < -0.39 is 5.54 Å². The van der Waals surface area contributed by atoms with Crippen LogP contribution in [-0.4, -0.2) is 33.2 Å². The molecule has 2 rings (SSSR count). The Morgan fingerprint density at radius 1 is 1.25 bits per heavy atom. The number of amides is 1. The van der Waals surface area contributed by atoms with Gasteiger partial charge in [-0.3, -0.25) is 14.8 Å². The van der Waals surface area contributed by atoms with Crippen LogP contribution in [-0.2, 0) is 0 Å². The molecule has 0 saturated heterocycles. The number of para-hydroxylation sites is 1. The lowest BCUT2D eigenvalue weighted by molar-refractivity contribution is 0.0915. The number of alkyl halides is 2. The zero-order valence-corrected chi connectivity index (χ0v) is 12.6. The minimum Gasteiger partial charge on any atom is -0.344 e. The van der Waals surface area contributed by atoms with Crippen LogP contribution in [0.1, 0.15) is 23.7 Å². The molecule has 0 aliphatic carbocycles. The highest BCUT2D eigenvalue weighted by atomic mass is 35.5. The second-order valence-corrected chi connectivity index (χ2v) is 5.12. The number of benzene rings is 1. The maximum atomic E-state index is 12.5. The second kappa shape index (κ2) is 6.37. The van der Waals surface area contributed by atoms with Gasteiger partial charge >= 0.3 is 0 Å². The fourth-order valence-electron chi connectivity index (χ4n) is 1.86. The first-order valence-corrected chi connectivity index (χ1v) is 7.37. The lowest BCUT2D eigenvalue weighted by Gasteiger charge is -2.29. The van der Waals surface area contributed by atoms with Crippen LogP contribution in [0.3, 0.4) is 0 Å². The molecule has 1 N–H and O–H groups in total. The van der Waals surface area contributed by atoms with Crippen LogP contribution < -0.4 is 5.32 Å². The summed E-state index contributed by atoms with van der Waals surface area (Å²) < 4.78 is 0. The Labute approximate surface area is 127 Å². The first-order chi connectivity index (χ1) is 9.65. The van der Waals surface area contributed by atoms with Crippen LogP contribution in [0, 0.1) is 0 Å². The van der Waals surface area contributed by atoms with Crippen molar-refractivity contribution >= 4 is 40.1 Å². The predicted molar refractivity (Wildman–Crippen MR) is 81.5 cm³/mol. The molecule has 0 spiro atoms. The molecule has 2 aromatic rings. The smallest absolute Gasteiger partial charge is 0.254 e. The predicted octanol–water partition coefficient (Wildman–Crippen LogP) is 2.99. The summed E-state index contributed by atoms with van der Waals surface area (Å²) in [6, 6.07) is 5.31. The minimum absolute atomic E-state index is 0.237. The molecule has 0 saturated carbocycles. The highest BCUT2D eigenvalue weighted by Gasteiger charge is 2.29. The summed E-state index contributed by atoms with van der Waals surface area (Å²) in [7, 11) is 0. The molecular formula is C14H15Cl2N3O. The van der Waals surface area contributed by atoms with Gasteiger partial charge in [-0.05, 0) is 18.6 Å². The number of nitrogens with one attached hydrogen (secondary N) is 1. The summed E-state index contributed by atoms with van der Waals surface area (Å²) in [6.45, 7) is 1.94. The van der Waals surface area contributed by atoms with Crippen LogP contribution in [0.25, 0.3) is 11.0 Å². The molecule has 0 bridgehead atoms.